The van der Waals surface area contributed by atoms with E-state index in [1.54, 1.807) is 34.6 Å². The fourth-order valence-corrected chi connectivity index (χ4v) is 5.67. The van der Waals surface area contributed by atoms with Crippen molar-refractivity contribution < 1.29 is 33.9 Å². The molecule has 224 valence electrons. The zero-order valence-corrected chi connectivity index (χ0v) is 24.2. The average Bonchev–Trinajstić information content (AvgIpc) is 3.36. The third-order valence-electron chi connectivity index (χ3n) is 8.42. The van der Waals surface area contributed by atoms with E-state index < -0.39 is 71.1 Å². The van der Waals surface area contributed by atoms with Crippen LogP contribution in [-0.2, 0) is 24.0 Å². The molecule has 12 heteroatoms. The summed E-state index contributed by atoms with van der Waals surface area (Å²) in [6, 6.07) is -3.32. The van der Waals surface area contributed by atoms with Gasteiger partial charge in [0.25, 0.3) is 5.91 Å². The highest BCUT2D eigenvalue weighted by molar-refractivity contribution is 6.36. The van der Waals surface area contributed by atoms with Crippen LogP contribution in [0, 0.1) is 23.2 Å². The van der Waals surface area contributed by atoms with Crippen molar-refractivity contribution in [2.45, 2.75) is 103 Å². The summed E-state index contributed by atoms with van der Waals surface area (Å²) >= 11 is 0. The Morgan fingerprint density at radius 2 is 1.55 bits per heavy atom. The van der Waals surface area contributed by atoms with Crippen molar-refractivity contribution >= 4 is 35.3 Å². The van der Waals surface area contributed by atoms with Gasteiger partial charge in [-0.05, 0) is 57.3 Å². The number of urea groups is 1. The van der Waals surface area contributed by atoms with Gasteiger partial charge in [0.15, 0.2) is 5.78 Å². The molecule has 3 fully saturated rings. The Labute approximate surface area is 235 Å². The minimum absolute atomic E-state index is 0.0185. The number of nitrogens with one attached hydrogen (secondary N) is 3. The molecule has 0 unspecified atom stereocenters. The number of carbonyl (C=O) groups is 6. The van der Waals surface area contributed by atoms with Gasteiger partial charge < -0.3 is 31.7 Å². The number of hydrogen-bond donors (Lipinski definition) is 5. The van der Waals surface area contributed by atoms with Crippen LogP contribution in [0.4, 0.5) is 4.79 Å². The maximum absolute atomic E-state index is 14.0. The molecule has 12 nitrogen and oxygen atoms in total. The van der Waals surface area contributed by atoms with Crippen LogP contribution in [0.15, 0.2) is 0 Å². The van der Waals surface area contributed by atoms with E-state index in [1.807, 2.05) is 0 Å². The lowest BCUT2D eigenvalue weighted by Crippen LogP contribution is -2.61. The molecule has 3 rings (SSSR count). The predicted octanol–water partition coefficient (Wildman–Crippen LogP) is 0.397. The second kappa shape index (κ2) is 12.2. The van der Waals surface area contributed by atoms with Crippen LogP contribution in [0.2, 0.25) is 0 Å². The maximum atomic E-state index is 14.0. The first kappa shape index (κ1) is 31.5. The number of carbonyl (C=O) groups excluding carboxylic acids is 6. The van der Waals surface area contributed by atoms with Gasteiger partial charge in [-0.3, -0.25) is 24.0 Å². The van der Waals surface area contributed by atoms with Crippen molar-refractivity contribution in [2.75, 3.05) is 13.1 Å². The molecule has 1 saturated heterocycles. The summed E-state index contributed by atoms with van der Waals surface area (Å²) in [6.07, 6.45) is 5.54. The average molecular weight is 564 g/mol. The lowest BCUT2D eigenvalue weighted by Gasteiger charge is -2.36. The number of aliphatic hydroxyl groups is 1. The van der Waals surface area contributed by atoms with Gasteiger partial charge in [-0.15, -0.1) is 0 Å². The Morgan fingerprint density at radius 1 is 0.950 bits per heavy atom. The van der Waals surface area contributed by atoms with Gasteiger partial charge in [-0.1, -0.05) is 33.6 Å². The molecular weight excluding hydrogens is 518 g/mol. The van der Waals surface area contributed by atoms with Gasteiger partial charge in [-0.25, -0.2) is 4.79 Å². The van der Waals surface area contributed by atoms with Gasteiger partial charge in [-0.2, -0.15) is 0 Å². The molecule has 2 aliphatic carbocycles. The van der Waals surface area contributed by atoms with Gasteiger partial charge >= 0.3 is 6.03 Å². The van der Waals surface area contributed by atoms with Crippen LogP contribution in [0.3, 0.4) is 0 Å². The number of rotatable bonds is 11. The number of ketones is 2. The van der Waals surface area contributed by atoms with Gasteiger partial charge in [0, 0.05) is 18.4 Å². The zero-order valence-electron chi connectivity index (χ0n) is 24.2. The first-order valence-electron chi connectivity index (χ1n) is 14.2. The Balaban J connectivity index is 1.78. The Morgan fingerprint density at radius 3 is 2.05 bits per heavy atom. The highest BCUT2D eigenvalue weighted by Gasteiger charge is 2.48. The number of hydrogen-bond acceptors (Lipinski definition) is 7. The van der Waals surface area contributed by atoms with Crippen LogP contribution in [0.5, 0.6) is 0 Å². The summed E-state index contributed by atoms with van der Waals surface area (Å²) < 4.78 is 0. The second-order valence-corrected chi connectivity index (χ2v) is 13.2. The number of primary amides is 1. The predicted molar refractivity (Wildman–Crippen MR) is 146 cm³/mol. The quantitative estimate of drug-likeness (QED) is 0.225. The summed E-state index contributed by atoms with van der Waals surface area (Å²) in [5.41, 5.74) is 2.99. The van der Waals surface area contributed by atoms with Crippen molar-refractivity contribution in [3.05, 3.63) is 0 Å². The Kier molecular flexibility index (Phi) is 9.64. The van der Waals surface area contributed by atoms with E-state index in [9.17, 15) is 33.9 Å². The number of amides is 5. The van der Waals surface area contributed by atoms with E-state index in [4.69, 9.17) is 5.73 Å². The smallest absolute Gasteiger partial charge is 0.316 e. The minimum Gasteiger partial charge on any atom is -0.390 e. The van der Waals surface area contributed by atoms with E-state index in [-0.39, 0.29) is 30.6 Å². The van der Waals surface area contributed by atoms with E-state index >= 15 is 0 Å². The third kappa shape index (κ3) is 7.80. The van der Waals surface area contributed by atoms with Gasteiger partial charge in [0.2, 0.25) is 17.6 Å². The first-order valence-corrected chi connectivity index (χ1v) is 14.2. The highest BCUT2D eigenvalue weighted by Crippen LogP contribution is 2.37. The molecule has 4 atom stereocenters. The van der Waals surface area contributed by atoms with Crippen molar-refractivity contribution in [1.82, 2.24) is 20.9 Å². The van der Waals surface area contributed by atoms with Gasteiger partial charge in [0.05, 0.1) is 18.2 Å². The van der Waals surface area contributed by atoms with Crippen molar-refractivity contribution in [1.29, 1.82) is 0 Å². The Bertz CT molecular complexity index is 1020. The maximum Gasteiger partial charge on any atom is 0.316 e. The van der Waals surface area contributed by atoms with Crippen LogP contribution in [-0.4, -0.2) is 82.1 Å². The fraction of sp³-hybridized carbons (Fsp3) is 0.786. The normalized spacial score (nSPS) is 23.3. The lowest BCUT2D eigenvalue weighted by molar-refractivity contribution is -0.142. The third-order valence-corrected chi connectivity index (χ3v) is 8.42. The molecule has 0 spiro atoms. The van der Waals surface area contributed by atoms with E-state index in [1.165, 1.54) is 4.90 Å². The zero-order chi connectivity index (χ0) is 30.0. The van der Waals surface area contributed by atoms with E-state index in [0.717, 1.165) is 38.5 Å². The molecule has 3 aliphatic rings. The molecule has 5 amide bonds. The molecule has 1 aliphatic heterocycles. The second-order valence-electron chi connectivity index (χ2n) is 13.2. The number of Topliss-reactive ketones (excluding diaryl/α,β-unsaturated/α-hetero) is 2. The molecular formula is C28H45N5O7. The largest absolute Gasteiger partial charge is 0.390 e. The van der Waals surface area contributed by atoms with Crippen molar-refractivity contribution in [2.24, 2.45) is 28.9 Å². The lowest BCUT2D eigenvalue weighted by atomic mass is 9.85. The molecule has 0 bridgehead atoms. The van der Waals surface area contributed by atoms with Gasteiger partial charge in [0.1, 0.15) is 12.1 Å². The molecule has 40 heavy (non-hydrogen) atoms. The standard InChI is InChI=1S/C28H45N5O7/c1-27(2,3)22(32-26(39)31-20(15-8-6-7-9-15)21(35)16-10-11-16)25(38)33-14-17(28(4,5)40)12-18(33)24(37)30-13-19(34)23(29)36/h15-18,20,22,40H,6-14H2,1-5H3,(H2,29,36)(H,30,37)(H2,31,32,39)/t17-,18+,20+,22-/m1/s1. The summed E-state index contributed by atoms with van der Waals surface area (Å²) in [7, 11) is 0. The molecule has 1 heterocycles. The van der Waals surface area contributed by atoms with E-state index in [0.29, 0.717) is 0 Å². The van der Waals surface area contributed by atoms with Crippen LogP contribution in [0.25, 0.3) is 0 Å². The fourth-order valence-electron chi connectivity index (χ4n) is 5.67. The molecule has 0 radical (unpaired) electrons. The van der Waals surface area contributed by atoms with Crippen LogP contribution in [0.1, 0.15) is 79.6 Å². The molecule has 2 saturated carbocycles. The van der Waals surface area contributed by atoms with Crippen molar-refractivity contribution in [3.8, 4) is 0 Å². The molecule has 0 aromatic heterocycles. The molecule has 6 N–H and O–H groups in total. The topological polar surface area (TPSA) is 188 Å². The summed E-state index contributed by atoms with van der Waals surface area (Å²) in [6.45, 7) is 7.96. The Hall–Kier alpha value is -3.02. The van der Waals surface area contributed by atoms with Crippen LogP contribution >= 0.6 is 0 Å². The molecule has 0 aromatic rings. The van der Waals surface area contributed by atoms with Crippen molar-refractivity contribution in [3.63, 3.8) is 0 Å². The monoisotopic (exact) mass is 563 g/mol. The summed E-state index contributed by atoms with van der Waals surface area (Å²) in [5, 5.41) is 18.7. The van der Waals surface area contributed by atoms with Crippen LogP contribution < -0.4 is 21.7 Å². The number of likely N-dealkylation sites (tertiary alicyclic amines) is 1. The summed E-state index contributed by atoms with van der Waals surface area (Å²) in [5.74, 6) is -3.71. The van der Waals surface area contributed by atoms with E-state index in [2.05, 4.69) is 16.0 Å². The number of nitrogens with two attached hydrogens (primary N) is 1. The summed E-state index contributed by atoms with van der Waals surface area (Å²) in [4.78, 5) is 77.4. The molecule has 0 aromatic carbocycles. The highest BCUT2D eigenvalue weighted by atomic mass is 16.3. The number of nitrogens with zero attached hydrogens (tertiary/aromatic N) is 1. The first-order chi connectivity index (χ1) is 18.5. The SMILES string of the molecule is CC(C)(C)[C@H](NC(=O)N[C@H](C(=O)C1CC1)C1CCCC1)C(=O)N1C[C@H](C(C)(C)O)C[C@H]1C(=O)NCC(=O)C(N)=O. The minimum atomic E-state index is -1.21.